The summed E-state index contributed by atoms with van der Waals surface area (Å²) in [5, 5.41) is 12.6. The van der Waals surface area contributed by atoms with Gasteiger partial charge in [0.1, 0.15) is 11.4 Å². The minimum atomic E-state index is -1.31. The normalized spacial score (nSPS) is 12.7. The van der Waals surface area contributed by atoms with Crippen molar-refractivity contribution in [1.29, 1.82) is 0 Å². The molecule has 0 saturated heterocycles. The fraction of sp³-hybridized carbons (Fsp3) is 0.130. The quantitative estimate of drug-likeness (QED) is 0.525. The number of hydrogen-bond acceptors (Lipinski definition) is 5. The molecule has 0 radical (unpaired) electrons. The molecular formula is C23H17FN4O3. The molecule has 1 aliphatic carbocycles. The monoisotopic (exact) mass is 416 g/mol. The van der Waals surface area contributed by atoms with Gasteiger partial charge in [0.15, 0.2) is 5.65 Å². The summed E-state index contributed by atoms with van der Waals surface area (Å²) in [5.41, 5.74) is 3.08. The third kappa shape index (κ3) is 3.42. The van der Waals surface area contributed by atoms with Crippen molar-refractivity contribution in [1.82, 2.24) is 14.5 Å². The molecular weight excluding hydrogens is 399 g/mol. The lowest BCUT2D eigenvalue weighted by molar-refractivity contribution is 0.0695. The molecule has 31 heavy (non-hydrogen) atoms. The number of hydrogen-bond donors (Lipinski definition) is 2. The zero-order valence-electron chi connectivity index (χ0n) is 16.3. The van der Waals surface area contributed by atoms with Gasteiger partial charge in [-0.1, -0.05) is 6.07 Å². The molecule has 8 heteroatoms. The number of aromatic carboxylic acids is 1. The van der Waals surface area contributed by atoms with Crippen molar-refractivity contribution in [3.63, 3.8) is 0 Å². The van der Waals surface area contributed by atoms with Crippen LogP contribution in [0.3, 0.4) is 0 Å². The first-order chi connectivity index (χ1) is 15.0. The van der Waals surface area contributed by atoms with Crippen molar-refractivity contribution < 1.29 is 14.3 Å². The highest BCUT2D eigenvalue weighted by molar-refractivity contribution is 5.92. The van der Waals surface area contributed by atoms with Gasteiger partial charge in [0.25, 0.3) is 0 Å². The summed E-state index contributed by atoms with van der Waals surface area (Å²) in [6.07, 6.45) is 5.68. The number of nitrogens with zero attached hydrogens (tertiary/aromatic N) is 3. The summed E-state index contributed by atoms with van der Waals surface area (Å²) in [7, 11) is 0. The van der Waals surface area contributed by atoms with E-state index in [0.717, 1.165) is 24.9 Å². The summed E-state index contributed by atoms with van der Waals surface area (Å²) >= 11 is 0. The maximum absolute atomic E-state index is 13.2. The number of pyridine rings is 1. The molecule has 0 bridgehead atoms. The first-order valence-electron chi connectivity index (χ1n) is 9.80. The van der Waals surface area contributed by atoms with E-state index >= 15 is 0 Å². The zero-order valence-corrected chi connectivity index (χ0v) is 16.3. The molecule has 7 nitrogen and oxygen atoms in total. The number of fused-ring (bicyclic) bond motifs is 2. The Morgan fingerprint density at radius 3 is 2.65 bits per heavy atom. The molecule has 0 fully saturated rings. The molecule has 2 aromatic heterocycles. The second-order valence-electron chi connectivity index (χ2n) is 7.42. The van der Waals surface area contributed by atoms with Crippen LogP contribution in [-0.2, 0) is 12.8 Å². The van der Waals surface area contributed by atoms with Crippen LogP contribution in [-0.4, -0.2) is 25.6 Å². The van der Waals surface area contributed by atoms with Crippen molar-refractivity contribution in [3.8, 4) is 5.69 Å². The number of rotatable bonds is 4. The summed E-state index contributed by atoms with van der Waals surface area (Å²) in [6, 6.07) is 11.6. The summed E-state index contributed by atoms with van der Waals surface area (Å²) in [6.45, 7) is 0. The predicted octanol–water partition coefficient (Wildman–Crippen LogP) is 3.85. The van der Waals surface area contributed by atoms with Crippen molar-refractivity contribution >= 4 is 28.6 Å². The van der Waals surface area contributed by atoms with E-state index in [9.17, 15) is 19.1 Å². The van der Waals surface area contributed by atoms with Crippen LogP contribution in [0.4, 0.5) is 16.0 Å². The molecule has 0 atom stereocenters. The summed E-state index contributed by atoms with van der Waals surface area (Å²) in [5.74, 6) is -1.47. The number of aryl methyl sites for hydroxylation is 2. The van der Waals surface area contributed by atoms with E-state index in [2.05, 4.69) is 15.3 Å². The Balaban J connectivity index is 1.69. The molecule has 0 unspecified atom stereocenters. The second kappa shape index (κ2) is 7.32. The van der Waals surface area contributed by atoms with Gasteiger partial charge >= 0.3 is 5.97 Å². The highest BCUT2D eigenvalue weighted by atomic mass is 19.1. The van der Waals surface area contributed by atoms with E-state index < -0.39 is 11.4 Å². The molecule has 4 aromatic rings. The van der Waals surface area contributed by atoms with Gasteiger partial charge in [-0.3, -0.25) is 4.79 Å². The Kier molecular flexibility index (Phi) is 4.47. The van der Waals surface area contributed by atoms with Crippen LogP contribution in [0.1, 0.15) is 27.9 Å². The van der Waals surface area contributed by atoms with E-state index in [-0.39, 0.29) is 28.4 Å². The third-order valence-corrected chi connectivity index (χ3v) is 5.44. The van der Waals surface area contributed by atoms with Crippen LogP contribution in [0.25, 0.3) is 16.7 Å². The van der Waals surface area contributed by atoms with Crippen molar-refractivity contribution in [2.45, 2.75) is 19.3 Å². The Morgan fingerprint density at radius 1 is 1.10 bits per heavy atom. The smallest absolute Gasteiger partial charge is 0.341 e. The van der Waals surface area contributed by atoms with Crippen LogP contribution in [0.15, 0.2) is 59.7 Å². The Labute approximate surface area is 175 Å². The zero-order chi connectivity index (χ0) is 21.5. The van der Waals surface area contributed by atoms with E-state index in [1.807, 2.05) is 18.2 Å². The van der Waals surface area contributed by atoms with Gasteiger partial charge in [-0.05, 0) is 66.8 Å². The minimum Gasteiger partial charge on any atom is -0.477 e. The number of benzene rings is 2. The topological polar surface area (TPSA) is 97.1 Å². The Morgan fingerprint density at radius 2 is 1.87 bits per heavy atom. The SMILES string of the molecule is O=C(O)c1cn(-c2ccc3c(c2)CCC3)c2nc(Nc3ccc(F)cc3)ncc2c1=O. The fourth-order valence-electron chi connectivity index (χ4n) is 3.89. The Hall–Kier alpha value is -4.07. The van der Waals surface area contributed by atoms with Gasteiger partial charge in [-0.15, -0.1) is 0 Å². The van der Waals surface area contributed by atoms with E-state index in [1.165, 1.54) is 35.7 Å². The molecule has 2 heterocycles. The van der Waals surface area contributed by atoms with Gasteiger partial charge < -0.3 is 15.0 Å². The molecule has 0 aliphatic heterocycles. The summed E-state index contributed by atoms with van der Waals surface area (Å²) in [4.78, 5) is 33.0. The maximum atomic E-state index is 13.2. The van der Waals surface area contributed by atoms with Gasteiger partial charge in [0.2, 0.25) is 11.4 Å². The van der Waals surface area contributed by atoms with Crippen LogP contribution < -0.4 is 10.7 Å². The van der Waals surface area contributed by atoms with E-state index in [4.69, 9.17) is 0 Å². The highest BCUT2D eigenvalue weighted by Crippen LogP contribution is 2.26. The molecule has 0 saturated carbocycles. The van der Waals surface area contributed by atoms with Gasteiger partial charge in [-0.25, -0.2) is 14.2 Å². The predicted molar refractivity (Wildman–Crippen MR) is 114 cm³/mol. The van der Waals surface area contributed by atoms with E-state index in [0.29, 0.717) is 5.69 Å². The van der Waals surface area contributed by atoms with Gasteiger partial charge in [0, 0.05) is 23.8 Å². The molecule has 1 aliphatic rings. The van der Waals surface area contributed by atoms with E-state index in [1.54, 1.807) is 16.7 Å². The minimum absolute atomic E-state index is 0.102. The van der Waals surface area contributed by atoms with Crippen LogP contribution in [0.5, 0.6) is 0 Å². The first-order valence-corrected chi connectivity index (χ1v) is 9.80. The number of carboxylic acids is 1. The number of anilines is 2. The number of carboxylic acid groups (broad SMARTS) is 1. The van der Waals surface area contributed by atoms with Gasteiger partial charge in [0.05, 0.1) is 5.39 Å². The molecule has 2 N–H and O–H groups in total. The summed E-state index contributed by atoms with van der Waals surface area (Å²) < 4.78 is 14.8. The number of nitrogens with one attached hydrogen (secondary N) is 1. The average Bonchev–Trinajstić information content (AvgIpc) is 3.23. The number of halogens is 1. The van der Waals surface area contributed by atoms with Crippen molar-refractivity contribution in [2.24, 2.45) is 0 Å². The first kappa shape index (κ1) is 18.9. The average molecular weight is 416 g/mol. The van der Waals surface area contributed by atoms with Crippen LogP contribution >= 0.6 is 0 Å². The largest absolute Gasteiger partial charge is 0.477 e. The number of carbonyl (C=O) groups is 1. The molecule has 154 valence electrons. The lowest BCUT2D eigenvalue weighted by atomic mass is 10.1. The van der Waals surface area contributed by atoms with Crippen LogP contribution in [0, 0.1) is 5.82 Å². The molecule has 2 aromatic carbocycles. The molecule has 5 rings (SSSR count). The highest BCUT2D eigenvalue weighted by Gasteiger charge is 2.19. The second-order valence-corrected chi connectivity index (χ2v) is 7.42. The molecule has 0 spiro atoms. The van der Waals surface area contributed by atoms with Crippen molar-refractivity contribution in [2.75, 3.05) is 5.32 Å². The lowest BCUT2D eigenvalue weighted by Crippen LogP contribution is -2.19. The fourth-order valence-corrected chi connectivity index (χ4v) is 3.89. The maximum Gasteiger partial charge on any atom is 0.341 e. The Bertz CT molecular complexity index is 1400. The lowest BCUT2D eigenvalue weighted by Gasteiger charge is -2.14. The standard InChI is InChI=1S/C23H17FN4O3/c24-15-5-7-16(8-6-15)26-23-25-11-18-20(29)19(22(30)31)12-28(21(18)27-23)17-9-4-13-2-1-3-14(13)10-17/h4-12H,1-3H2,(H,30,31)(H,25,26,27). The van der Waals surface area contributed by atoms with Crippen molar-refractivity contribution in [3.05, 3.63) is 87.6 Å². The number of aromatic nitrogens is 3. The van der Waals surface area contributed by atoms with Gasteiger partial charge in [-0.2, -0.15) is 4.98 Å². The van der Waals surface area contributed by atoms with Crippen LogP contribution in [0.2, 0.25) is 0 Å². The third-order valence-electron chi connectivity index (χ3n) is 5.44. The molecule has 0 amide bonds.